The quantitative estimate of drug-likeness (QED) is 0.496. The van der Waals surface area contributed by atoms with Gasteiger partial charge in [0.25, 0.3) is 0 Å². The van der Waals surface area contributed by atoms with Gasteiger partial charge in [0.05, 0.1) is 12.4 Å². The van der Waals surface area contributed by atoms with Crippen LogP contribution in [0.15, 0.2) is 67.0 Å². The second-order valence-corrected chi connectivity index (χ2v) is 7.86. The average molecular weight is 458 g/mol. The van der Waals surface area contributed by atoms with E-state index in [1.165, 1.54) is 35.1 Å². The SMILES string of the molecule is Cc1ccccc1C(CC(=O)c1ccnnc1)c1ccc(C2CCNCC2)cc1.Cl.Cl. The van der Waals surface area contributed by atoms with E-state index in [4.69, 9.17) is 0 Å². The second-order valence-electron chi connectivity index (χ2n) is 7.86. The molecule has 1 aliphatic heterocycles. The fourth-order valence-electron chi connectivity index (χ4n) is 4.30. The number of halogens is 2. The van der Waals surface area contributed by atoms with E-state index in [1.807, 2.05) is 6.07 Å². The summed E-state index contributed by atoms with van der Waals surface area (Å²) in [5.41, 5.74) is 5.62. The maximum absolute atomic E-state index is 13.0. The highest BCUT2D eigenvalue weighted by atomic mass is 35.5. The highest BCUT2D eigenvalue weighted by molar-refractivity contribution is 5.96. The zero-order valence-electron chi connectivity index (χ0n) is 17.7. The third kappa shape index (κ3) is 6.13. The van der Waals surface area contributed by atoms with E-state index in [2.05, 4.69) is 64.9 Å². The molecule has 0 radical (unpaired) electrons. The Balaban J connectivity index is 0.00000171. The van der Waals surface area contributed by atoms with Crippen LogP contribution in [-0.2, 0) is 0 Å². The summed E-state index contributed by atoms with van der Waals surface area (Å²) in [6.07, 6.45) is 5.92. The third-order valence-electron chi connectivity index (χ3n) is 6.01. The van der Waals surface area contributed by atoms with Crippen LogP contribution in [0, 0.1) is 6.92 Å². The molecule has 4 rings (SSSR count). The Morgan fingerprint density at radius 3 is 2.35 bits per heavy atom. The highest BCUT2D eigenvalue weighted by Gasteiger charge is 2.22. The highest BCUT2D eigenvalue weighted by Crippen LogP contribution is 2.33. The summed E-state index contributed by atoms with van der Waals surface area (Å²) in [6, 6.07) is 19.0. The van der Waals surface area contributed by atoms with Gasteiger partial charge in [0, 0.05) is 17.9 Å². The van der Waals surface area contributed by atoms with Crippen LogP contribution in [0.25, 0.3) is 0 Å². The van der Waals surface area contributed by atoms with E-state index in [0.29, 0.717) is 17.9 Å². The van der Waals surface area contributed by atoms with Crippen LogP contribution in [0.5, 0.6) is 0 Å². The number of nitrogens with zero attached hydrogens (tertiary/aromatic N) is 2. The predicted octanol–water partition coefficient (Wildman–Crippen LogP) is 5.50. The Kier molecular flexibility index (Phi) is 9.63. The molecule has 2 aromatic carbocycles. The molecule has 1 aromatic heterocycles. The summed E-state index contributed by atoms with van der Waals surface area (Å²) >= 11 is 0. The molecule has 0 bridgehead atoms. The Hall–Kier alpha value is -2.27. The van der Waals surface area contributed by atoms with Crippen molar-refractivity contribution in [3.63, 3.8) is 0 Å². The normalized spacial score (nSPS) is 14.7. The first-order chi connectivity index (χ1) is 14.2. The molecule has 1 atom stereocenters. The summed E-state index contributed by atoms with van der Waals surface area (Å²) in [6.45, 7) is 4.30. The van der Waals surface area contributed by atoms with Crippen LogP contribution in [-0.4, -0.2) is 29.1 Å². The molecule has 3 aromatic rings. The molecule has 164 valence electrons. The van der Waals surface area contributed by atoms with E-state index in [9.17, 15) is 4.79 Å². The molecule has 0 saturated carbocycles. The van der Waals surface area contributed by atoms with Crippen LogP contribution in [0.4, 0.5) is 0 Å². The largest absolute Gasteiger partial charge is 0.317 e. The van der Waals surface area contributed by atoms with Crippen LogP contribution in [0.1, 0.15) is 63.7 Å². The summed E-state index contributed by atoms with van der Waals surface area (Å²) in [4.78, 5) is 13.0. The molecular formula is C25H29Cl2N3O. The maximum atomic E-state index is 13.0. The number of carbonyl (C=O) groups excluding carboxylic acids is 1. The fraction of sp³-hybridized carbons (Fsp3) is 0.320. The third-order valence-corrected chi connectivity index (χ3v) is 6.01. The topological polar surface area (TPSA) is 54.9 Å². The first-order valence-corrected chi connectivity index (χ1v) is 10.4. The maximum Gasteiger partial charge on any atom is 0.165 e. The van der Waals surface area contributed by atoms with Crippen LogP contribution in [0.2, 0.25) is 0 Å². The molecule has 31 heavy (non-hydrogen) atoms. The lowest BCUT2D eigenvalue weighted by Crippen LogP contribution is -2.26. The molecule has 2 heterocycles. The minimum atomic E-state index is 0. The number of hydrogen-bond acceptors (Lipinski definition) is 4. The Bertz CT molecular complexity index is 958. The Morgan fingerprint density at radius 2 is 1.71 bits per heavy atom. The predicted molar refractivity (Wildman–Crippen MR) is 130 cm³/mol. The molecule has 4 nitrogen and oxygen atoms in total. The van der Waals surface area contributed by atoms with Crippen molar-refractivity contribution in [3.05, 3.63) is 94.8 Å². The molecule has 6 heteroatoms. The summed E-state index contributed by atoms with van der Waals surface area (Å²) in [5, 5.41) is 11.1. The minimum Gasteiger partial charge on any atom is -0.317 e. The van der Waals surface area contributed by atoms with Gasteiger partial charge in [-0.2, -0.15) is 10.2 Å². The lowest BCUT2D eigenvalue weighted by molar-refractivity contribution is 0.0977. The standard InChI is InChI=1S/C25H27N3O.2ClH/c1-18-4-2-3-5-23(18)24(16-25(29)22-12-15-27-28-17-22)21-8-6-19(7-9-21)20-10-13-26-14-11-20;;/h2-9,12,15,17,20,24,26H,10-11,13-14,16H2,1H3;2*1H. The molecular weight excluding hydrogens is 429 g/mol. The number of nitrogens with one attached hydrogen (secondary N) is 1. The fourth-order valence-corrected chi connectivity index (χ4v) is 4.30. The van der Waals surface area contributed by atoms with E-state index < -0.39 is 0 Å². The van der Waals surface area contributed by atoms with Crippen molar-refractivity contribution in [1.29, 1.82) is 0 Å². The number of piperidine rings is 1. The van der Waals surface area contributed by atoms with Gasteiger partial charge in [-0.1, -0.05) is 48.5 Å². The number of carbonyl (C=O) groups is 1. The lowest BCUT2D eigenvalue weighted by Gasteiger charge is -2.24. The number of rotatable bonds is 6. The van der Waals surface area contributed by atoms with Crippen molar-refractivity contribution in [3.8, 4) is 0 Å². The van der Waals surface area contributed by atoms with Gasteiger partial charge in [0.2, 0.25) is 0 Å². The van der Waals surface area contributed by atoms with Gasteiger partial charge >= 0.3 is 0 Å². The molecule has 1 aliphatic rings. The van der Waals surface area contributed by atoms with Crippen LogP contribution < -0.4 is 5.32 Å². The van der Waals surface area contributed by atoms with Gasteiger partial charge in [-0.3, -0.25) is 4.79 Å². The first-order valence-electron chi connectivity index (χ1n) is 10.4. The zero-order chi connectivity index (χ0) is 20.1. The smallest absolute Gasteiger partial charge is 0.165 e. The van der Waals surface area contributed by atoms with Gasteiger partial charge in [-0.25, -0.2) is 0 Å². The average Bonchev–Trinajstić information content (AvgIpc) is 2.79. The van der Waals surface area contributed by atoms with Crippen LogP contribution >= 0.6 is 24.8 Å². The van der Waals surface area contributed by atoms with E-state index in [1.54, 1.807) is 18.5 Å². The summed E-state index contributed by atoms with van der Waals surface area (Å²) in [7, 11) is 0. The molecule has 1 saturated heterocycles. The molecule has 1 N–H and O–H groups in total. The number of aromatic nitrogens is 2. The van der Waals surface area contributed by atoms with Gasteiger partial charge in [0.15, 0.2) is 5.78 Å². The molecule has 1 fully saturated rings. The number of Topliss-reactive ketones (excluding diaryl/α,β-unsaturated/α-hetero) is 1. The van der Waals surface area contributed by atoms with E-state index in [-0.39, 0.29) is 36.5 Å². The summed E-state index contributed by atoms with van der Waals surface area (Å²) < 4.78 is 0. The van der Waals surface area contributed by atoms with Crippen molar-refractivity contribution in [2.75, 3.05) is 13.1 Å². The van der Waals surface area contributed by atoms with Crippen LogP contribution in [0.3, 0.4) is 0 Å². The first kappa shape index (κ1) is 25.0. The van der Waals surface area contributed by atoms with Gasteiger partial charge < -0.3 is 5.32 Å². The zero-order valence-corrected chi connectivity index (χ0v) is 19.3. The molecule has 0 aliphatic carbocycles. The lowest BCUT2D eigenvalue weighted by atomic mass is 9.82. The Morgan fingerprint density at radius 1 is 1.00 bits per heavy atom. The molecule has 0 amide bonds. The number of aryl methyl sites for hydroxylation is 1. The molecule has 1 unspecified atom stereocenters. The van der Waals surface area contributed by atoms with Crippen molar-refractivity contribution in [2.45, 2.75) is 38.0 Å². The number of benzene rings is 2. The number of hydrogen-bond donors (Lipinski definition) is 1. The monoisotopic (exact) mass is 457 g/mol. The number of ketones is 1. The van der Waals surface area contributed by atoms with Crippen molar-refractivity contribution in [2.24, 2.45) is 0 Å². The Labute approximate surface area is 196 Å². The second kappa shape index (κ2) is 11.9. The van der Waals surface area contributed by atoms with Gasteiger partial charge in [0.1, 0.15) is 0 Å². The van der Waals surface area contributed by atoms with Crippen molar-refractivity contribution < 1.29 is 4.79 Å². The minimum absolute atomic E-state index is 0. The van der Waals surface area contributed by atoms with Crippen molar-refractivity contribution >= 4 is 30.6 Å². The van der Waals surface area contributed by atoms with Crippen molar-refractivity contribution in [1.82, 2.24) is 15.5 Å². The van der Waals surface area contributed by atoms with E-state index >= 15 is 0 Å². The molecule has 0 spiro atoms. The van der Waals surface area contributed by atoms with Gasteiger partial charge in [-0.15, -0.1) is 24.8 Å². The summed E-state index contributed by atoms with van der Waals surface area (Å²) in [5.74, 6) is 0.751. The van der Waals surface area contributed by atoms with Gasteiger partial charge in [-0.05, 0) is 67.1 Å². The van der Waals surface area contributed by atoms with E-state index in [0.717, 1.165) is 13.1 Å².